The van der Waals surface area contributed by atoms with Crippen molar-refractivity contribution in [2.24, 2.45) is 5.92 Å². The topological polar surface area (TPSA) is 49.3 Å². The Labute approximate surface area is 117 Å². The van der Waals surface area contributed by atoms with Gasteiger partial charge in [-0.1, -0.05) is 31.9 Å². The molecule has 106 valence electrons. The van der Waals surface area contributed by atoms with Crippen LogP contribution in [0.2, 0.25) is 5.02 Å². The molecule has 2 N–H and O–H groups in total. The van der Waals surface area contributed by atoms with Gasteiger partial charge in [0.2, 0.25) is 0 Å². The Morgan fingerprint density at radius 3 is 2.74 bits per heavy atom. The quantitative estimate of drug-likeness (QED) is 0.875. The van der Waals surface area contributed by atoms with E-state index < -0.39 is 17.8 Å². The minimum absolute atomic E-state index is 0.0682. The zero-order valence-corrected chi connectivity index (χ0v) is 12.1. The fourth-order valence-corrected chi connectivity index (χ4v) is 1.83. The average Bonchev–Trinajstić information content (AvgIpc) is 2.38. The summed E-state index contributed by atoms with van der Waals surface area (Å²) in [5.74, 6) is -0.748. The number of carbonyl (C=O) groups is 1. The second-order valence-electron chi connectivity index (χ2n) is 4.74. The van der Waals surface area contributed by atoms with E-state index in [9.17, 15) is 14.3 Å². The van der Waals surface area contributed by atoms with Gasteiger partial charge >= 0.3 is 0 Å². The maximum absolute atomic E-state index is 13.2. The van der Waals surface area contributed by atoms with Crippen LogP contribution in [0.5, 0.6) is 0 Å². The zero-order chi connectivity index (χ0) is 14.6. The van der Waals surface area contributed by atoms with Crippen LogP contribution in [0.3, 0.4) is 0 Å². The minimum atomic E-state index is -0.603. The number of hydrogen-bond donors (Lipinski definition) is 2. The van der Waals surface area contributed by atoms with Gasteiger partial charge in [0.15, 0.2) is 0 Å². The summed E-state index contributed by atoms with van der Waals surface area (Å²) in [5.41, 5.74) is 0.578. The summed E-state index contributed by atoms with van der Waals surface area (Å²) in [6, 6.07) is 2.53. The van der Waals surface area contributed by atoms with E-state index in [1.165, 1.54) is 6.07 Å². The minimum Gasteiger partial charge on any atom is -0.391 e. The highest BCUT2D eigenvalue weighted by Gasteiger charge is 2.16. The Bertz CT molecular complexity index is 465. The SMILES string of the molecule is CCC(C)C(O)CNC(=O)c1cc(C)c(F)cc1Cl. The van der Waals surface area contributed by atoms with Crippen molar-refractivity contribution in [2.45, 2.75) is 33.3 Å². The average molecular weight is 288 g/mol. The van der Waals surface area contributed by atoms with E-state index in [1.807, 2.05) is 13.8 Å². The maximum Gasteiger partial charge on any atom is 0.252 e. The van der Waals surface area contributed by atoms with Crippen molar-refractivity contribution >= 4 is 17.5 Å². The van der Waals surface area contributed by atoms with Gasteiger partial charge in [0.25, 0.3) is 5.91 Å². The zero-order valence-electron chi connectivity index (χ0n) is 11.3. The van der Waals surface area contributed by atoms with Crippen molar-refractivity contribution < 1.29 is 14.3 Å². The van der Waals surface area contributed by atoms with Gasteiger partial charge in [-0.05, 0) is 30.5 Å². The molecule has 1 rings (SSSR count). The van der Waals surface area contributed by atoms with E-state index in [4.69, 9.17) is 11.6 Å². The summed E-state index contributed by atoms with van der Waals surface area (Å²) < 4.78 is 13.2. The number of aryl methyl sites for hydroxylation is 1. The predicted molar refractivity (Wildman–Crippen MR) is 73.9 cm³/mol. The van der Waals surface area contributed by atoms with Gasteiger partial charge < -0.3 is 10.4 Å². The molecule has 19 heavy (non-hydrogen) atoms. The Morgan fingerprint density at radius 2 is 2.16 bits per heavy atom. The van der Waals surface area contributed by atoms with Crippen molar-refractivity contribution in [3.63, 3.8) is 0 Å². The van der Waals surface area contributed by atoms with E-state index in [-0.39, 0.29) is 23.0 Å². The molecule has 1 aromatic carbocycles. The Morgan fingerprint density at radius 1 is 1.53 bits per heavy atom. The first-order valence-corrected chi connectivity index (χ1v) is 6.66. The maximum atomic E-state index is 13.2. The molecular formula is C14H19ClFNO2. The van der Waals surface area contributed by atoms with Crippen LogP contribution in [0, 0.1) is 18.7 Å². The van der Waals surface area contributed by atoms with Crippen LogP contribution in [0.4, 0.5) is 4.39 Å². The summed E-state index contributed by atoms with van der Waals surface area (Å²) in [6.45, 7) is 5.60. The molecule has 0 aliphatic carbocycles. The Hall–Kier alpha value is -1.13. The molecule has 0 bridgehead atoms. The number of carbonyl (C=O) groups excluding carboxylic acids is 1. The van der Waals surface area contributed by atoms with Crippen molar-refractivity contribution in [2.75, 3.05) is 6.54 Å². The van der Waals surface area contributed by atoms with Crippen molar-refractivity contribution in [1.82, 2.24) is 5.32 Å². The highest BCUT2D eigenvalue weighted by Crippen LogP contribution is 2.20. The Kier molecular flexibility index (Phi) is 5.76. The number of aliphatic hydroxyl groups is 1. The molecule has 3 nitrogen and oxygen atoms in total. The van der Waals surface area contributed by atoms with Crippen LogP contribution in [0.25, 0.3) is 0 Å². The van der Waals surface area contributed by atoms with Crippen LogP contribution in [-0.2, 0) is 0 Å². The summed E-state index contributed by atoms with van der Waals surface area (Å²) in [6.07, 6.45) is 0.224. The van der Waals surface area contributed by atoms with E-state index in [0.717, 1.165) is 12.5 Å². The third-order valence-corrected chi connectivity index (χ3v) is 3.58. The first kappa shape index (κ1) is 15.9. The summed E-state index contributed by atoms with van der Waals surface area (Å²) in [4.78, 5) is 11.9. The van der Waals surface area contributed by atoms with Gasteiger partial charge in [-0.15, -0.1) is 0 Å². The summed E-state index contributed by atoms with van der Waals surface area (Å²) in [7, 11) is 0. The predicted octanol–water partition coefficient (Wildman–Crippen LogP) is 2.92. The Balaban J connectivity index is 2.71. The number of amides is 1. The molecule has 0 aromatic heterocycles. The lowest BCUT2D eigenvalue weighted by molar-refractivity contribution is 0.0850. The molecule has 1 amide bonds. The number of halogens is 2. The van der Waals surface area contributed by atoms with E-state index in [1.54, 1.807) is 6.92 Å². The van der Waals surface area contributed by atoms with Gasteiger partial charge in [-0.2, -0.15) is 0 Å². The van der Waals surface area contributed by atoms with Gasteiger partial charge in [0, 0.05) is 6.54 Å². The van der Waals surface area contributed by atoms with Gasteiger partial charge in [0.1, 0.15) is 5.82 Å². The van der Waals surface area contributed by atoms with E-state index >= 15 is 0 Å². The van der Waals surface area contributed by atoms with Crippen LogP contribution in [-0.4, -0.2) is 23.7 Å². The molecule has 0 aliphatic rings. The summed E-state index contributed by atoms with van der Waals surface area (Å²) in [5, 5.41) is 12.4. The molecule has 0 heterocycles. The first-order chi connectivity index (χ1) is 8.86. The second-order valence-corrected chi connectivity index (χ2v) is 5.15. The van der Waals surface area contributed by atoms with Gasteiger partial charge in [-0.25, -0.2) is 4.39 Å². The summed E-state index contributed by atoms with van der Waals surface area (Å²) >= 11 is 5.84. The third kappa shape index (κ3) is 4.18. The standard InChI is InChI=1S/C14H19ClFNO2/c1-4-8(2)13(18)7-17-14(19)10-5-9(3)12(16)6-11(10)15/h5-6,8,13,18H,4,7H2,1-3H3,(H,17,19). The molecule has 0 fully saturated rings. The smallest absolute Gasteiger partial charge is 0.252 e. The number of nitrogens with one attached hydrogen (secondary N) is 1. The van der Waals surface area contributed by atoms with Gasteiger partial charge in [0.05, 0.1) is 16.7 Å². The van der Waals surface area contributed by atoms with Crippen molar-refractivity contribution in [3.05, 3.63) is 34.1 Å². The molecule has 1 aromatic rings. The van der Waals surface area contributed by atoms with Gasteiger partial charge in [-0.3, -0.25) is 4.79 Å². The molecule has 0 saturated heterocycles. The number of aliphatic hydroxyl groups excluding tert-OH is 1. The molecule has 0 spiro atoms. The largest absolute Gasteiger partial charge is 0.391 e. The van der Waals surface area contributed by atoms with Crippen LogP contribution in [0.15, 0.2) is 12.1 Å². The number of hydrogen-bond acceptors (Lipinski definition) is 2. The first-order valence-electron chi connectivity index (χ1n) is 6.28. The molecule has 0 radical (unpaired) electrons. The van der Waals surface area contributed by atoms with Crippen LogP contribution in [0.1, 0.15) is 36.2 Å². The van der Waals surface area contributed by atoms with E-state index in [0.29, 0.717) is 5.56 Å². The normalized spacial score (nSPS) is 14.0. The van der Waals surface area contributed by atoms with Crippen LogP contribution < -0.4 is 5.32 Å². The number of benzene rings is 1. The lowest BCUT2D eigenvalue weighted by Crippen LogP contribution is -2.35. The molecule has 2 unspecified atom stereocenters. The number of rotatable bonds is 5. The molecule has 0 aliphatic heterocycles. The lowest BCUT2D eigenvalue weighted by Gasteiger charge is -2.17. The monoisotopic (exact) mass is 287 g/mol. The van der Waals surface area contributed by atoms with Crippen molar-refractivity contribution in [3.8, 4) is 0 Å². The molecule has 5 heteroatoms. The highest BCUT2D eigenvalue weighted by molar-refractivity contribution is 6.33. The van der Waals surface area contributed by atoms with E-state index in [2.05, 4.69) is 5.32 Å². The lowest BCUT2D eigenvalue weighted by atomic mass is 10.0. The van der Waals surface area contributed by atoms with Crippen LogP contribution >= 0.6 is 11.6 Å². The molecule has 2 atom stereocenters. The highest BCUT2D eigenvalue weighted by atomic mass is 35.5. The fourth-order valence-electron chi connectivity index (χ4n) is 1.60. The third-order valence-electron chi connectivity index (χ3n) is 3.27. The second kappa shape index (κ2) is 6.87. The molecule has 0 saturated carbocycles. The molecular weight excluding hydrogens is 269 g/mol. The van der Waals surface area contributed by atoms with Crippen molar-refractivity contribution in [1.29, 1.82) is 0 Å². The fraction of sp³-hybridized carbons (Fsp3) is 0.500.